The van der Waals surface area contributed by atoms with Gasteiger partial charge in [-0.15, -0.1) is 0 Å². The predicted octanol–water partition coefficient (Wildman–Crippen LogP) is 3.42. The maximum atomic E-state index is 11.3. The van der Waals surface area contributed by atoms with Crippen LogP contribution in [0.3, 0.4) is 0 Å². The Morgan fingerprint density at radius 2 is 2.10 bits per heavy atom. The fourth-order valence-electron chi connectivity index (χ4n) is 2.08. The monoisotopic (exact) mass is 272 g/mol. The van der Waals surface area contributed by atoms with Crippen molar-refractivity contribution in [3.05, 3.63) is 36.0 Å². The Balaban J connectivity index is 2.37. The first-order valence-corrected chi connectivity index (χ1v) is 6.81. The lowest BCUT2D eigenvalue weighted by Crippen LogP contribution is -2.02. The quantitative estimate of drug-likeness (QED) is 0.757. The van der Waals surface area contributed by atoms with Gasteiger partial charge in [0.15, 0.2) is 6.29 Å². The number of hydrogen-bond acceptors (Lipinski definition) is 3. The second kappa shape index (κ2) is 6.37. The Labute approximate surface area is 119 Å². The zero-order valence-corrected chi connectivity index (χ0v) is 12.2. The highest BCUT2D eigenvalue weighted by Crippen LogP contribution is 2.30. The molecule has 0 aliphatic rings. The summed E-state index contributed by atoms with van der Waals surface area (Å²) in [5, 5.41) is 4.54. The maximum Gasteiger partial charge on any atom is 0.153 e. The number of rotatable bonds is 6. The van der Waals surface area contributed by atoms with Crippen LogP contribution < -0.4 is 4.74 Å². The van der Waals surface area contributed by atoms with Crippen LogP contribution in [-0.2, 0) is 6.54 Å². The molecule has 0 saturated heterocycles. The molecule has 0 spiro atoms. The van der Waals surface area contributed by atoms with Crippen molar-refractivity contribution in [1.29, 1.82) is 0 Å². The molecule has 1 aromatic heterocycles. The summed E-state index contributed by atoms with van der Waals surface area (Å²) >= 11 is 0. The van der Waals surface area contributed by atoms with E-state index in [9.17, 15) is 4.79 Å². The summed E-state index contributed by atoms with van der Waals surface area (Å²) in [5.74, 6) is 1.33. The first kappa shape index (κ1) is 14.3. The fraction of sp³-hybridized carbons (Fsp3) is 0.375. The Hall–Kier alpha value is -2.10. The molecule has 0 aliphatic carbocycles. The summed E-state index contributed by atoms with van der Waals surface area (Å²) in [6, 6.07) is 7.61. The lowest BCUT2D eigenvalue weighted by atomic mass is 10.1. The average Bonchev–Trinajstić information content (AvgIpc) is 2.88. The number of ether oxygens (including phenoxy) is 1. The van der Waals surface area contributed by atoms with Gasteiger partial charge >= 0.3 is 0 Å². The fourth-order valence-corrected chi connectivity index (χ4v) is 2.08. The summed E-state index contributed by atoms with van der Waals surface area (Å²) in [6.45, 7) is 5.16. The van der Waals surface area contributed by atoms with Gasteiger partial charge in [0.25, 0.3) is 0 Å². The van der Waals surface area contributed by atoms with E-state index in [0.717, 1.165) is 30.6 Å². The second-order valence-electron chi connectivity index (χ2n) is 5.20. The van der Waals surface area contributed by atoms with Gasteiger partial charge in [-0.3, -0.25) is 9.48 Å². The lowest BCUT2D eigenvalue weighted by molar-refractivity contribution is 0.112. The third-order valence-corrected chi connectivity index (χ3v) is 3.21. The van der Waals surface area contributed by atoms with E-state index in [1.165, 1.54) is 0 Å². The maximum absolute atomic E-state index is 11.3. The summed E-state index contributed by atoms with van der Waals surface area (Å²) in [4.78, 5) is 11.3. The minimum Gasteiger partial charge on any atom is -0.496 e. The number of hydrogen-bond donors (Lipinski definition) is 0. The van der Waals surface area contributed by atoms with Crippen LogP contribution in [0.25, 0.3) is 11.3 Å². The van der Waals surface area contributed by atoms with Gasteiger partial charge in [0.05, 0.1) is 12.7 Å². The van der Waals surface area contributed by atoms with Crippen molar-refractivity contribution in [2.75, 3.05) is 7.11 Å². The Morgan fingerprint density at radius 3 is 2.75 bits per heavy atom. The van der Waals surface area contributed by atoms with E-state index < -0.39 is 0 Å². The van der Waals surface area contributed by atoms with E-state index >= 15 is 0 Å². The number of methoxy groups -OCH3 is 1. The van der Waals surface area contributed by atoms with Crippen molar-refractivity contribution >= 4 is 6.29 Å². The molecule has 0 N–H and O–H groups in total. The molecule has 4 heteroatoms. The first-order valence-electron chi connectivity index (χ1n) is 6.81. The van der Waals surface area contributed by atoms with Crippen LogP contribution in [0.2, 0.25) is 0 Å². The standard InChI is InChI=1S/C16H20N2O2/c1-12(2)8-9-18-10-13(11-19)16(17-18)14-6-4-5-7-15(14)20-3/h4-7,10-12H,8-9H2,1-3H3. The smallest absolute Gasteiger partial charge is 0.153 e. The summed E-state index contributed by atoms with van der Waals surface area (Å²) < 4.78 is 7.18. The van der Waals surface area contributed by atoms with Crippen LogP contribution in [0.4, 0.5) is 0 Å². The largest absolute Gasteiger partial charge is 0.496 e. The molecule has 0 amide bonds. The molecule has 1 heterocycles. The SMILES string of the molecule is COc1ccccc1-c1nn(CCC(C)C)cc1C=O. The number of benzene rings is 1. The third kappa shape index (κ3) is 3.07. The van der Waals surface area contributed by atoms with Gasteiger partial charge in [0, 0.05) is 18.3 Å². The van der Waals surface area contributed by atoms with E-state index in [4.69, 9.17) is 4.74 Å². The summed E-state index contributed by atoms with van der Waals surface area (Å²) in [7, 11) is 1.62. The molecule has 0 bridgehead atoms. The molecule has 20 heavy (non-hydrogen) atoms. The minimum absolute atomic E-state index is 0.596. The van der Waals surface area contributed by atoms with Crippen LogP contribution in [0.15, 0.2) is 30.5 Å². The van der Waals surface area contributed by atoms with Crippen molar-refractivity contribution in [3.63, 3.8) is 0 Å². The summed E-state index contributed by atoms with van der Waals surface area (Å²) in [6.07, 6.45) is 3.68. The molecule has 2 rings (SSSR count). The van der Waals surface area contributed by atoms with Crippen LogP contribution >= 0.6 is 0 Å². The molecule has 0 aliphatic heterocycles. The van der Waals surface area contributed by atoms with Gasteiger partial charge < -0.3 is 4.74 Å². The third-order valence-electron chi connectivity index (χ3n) is 3.21. The molecule has 0 atom stereocenters. The van der Waals surface area contributed by atoms with Gasteiger partial charge in [-0.05, 0) is 24.5 Å². The van der Waals surface area contributed by atoms with Crippen molar-refractivity contribution in [2.24, 2.45) is 5.92 Å². The van der Waals surface area contributed by atoms with Gasteiger partial charge in [-0.25, -0.2) is 0 Å². The molecular weight excluding hydrogens is 252 g/mol. The van der Waals surface area contributed by atoms with Gasteiger partial charge in [-0.2, -0.15) is 5.10 Å². The first-order chi connectivity index (χ1) is 9.65. The Kier molecular flexibility index (Phi) is 4.56. The minimum atomic E-state index is 0.596. The molecule has 0 radical (unpaired) electrons. The number of aryl methyl sites for hydroxylation is 1. The van der Waals surface area contributed by atoms with E-state index in [2.05, 4.69) is 18.9 Å². The zero-order valence-electron chi connectivity index (χ0n) is 12.2. The molecule has 2 aromatic rings. The van der Waals surface area contributed by atoms with Crippen molar-refractivity contribution < 1.29 is 9.53 Å². The van der Waals surface area contributed by atoms with Gasteiger partial charge in [-0.1, -0.05) is 26.0 Å². The highest BCUT2D eigenvalue weighted by molar-refractivity contribution is 5.87. The Morgan fingerprint density at radius 1 is 1.35 bits per heavy atom. The molecular formula is C16H20N2O2. The number of carbonyl (C=O) groups is 1. The van der Waals surface area contributed by atoms with E-state index in [-0.39, 0.29) is 0 Å². The van der Waals surface area contributed by atoms with Gasteiger partial charge in [0.1, 0.15) is 11.4 Å². The number of nitrogens with zero attached hydrogens (tertiary/aromatic N) is 2. The molecule has 0 fully saturated rings. The van der Waals surface area contributed by atoms with Crippen molar-refractivity contribution in [3.8, 4) is 17.0 Å². The molecule has 1 aromatic carbocycles. The number of aldehydes is 1. The molecule has 4 nitrogen and oxygen atoms in total. The van der Waals surface area contributed by atoms with Crippen LogP contribution in [0.1, 0.15) is 30.6 Å². The van der Waals surface area contributed by atoms with Crippen molar-refractivity contribution in [2.45, 2.75) is 26.8 Å². The van der Waals surface area contributed by atoms with Gasteiger partial charge in [0.2, 0.25) is 0 Å². The normalized spacial score (nSPS) is 10.8. The van der Waals surface area contributed by atoms with Crippen LogP contribution in [0.5, 0.6) is 5.75 Å². The second-order valence-corrected chi connectivity index (χ2v) is 5.20. The molecule has 106 valence electrons. The average molecular weight is 272 g/mol. The molecule has 0 saturated carbocycles. The van der Waals surface area contributed by atoms with E-state index in [1.807, 2.05) is 28.9 Å². The van der Waals surface area contributed by atoms with Crippen molar-refractivity contribution in [1.82, 2.24) is 9.78 Å². The number of para-hydroxylation sites is 1. The lowest BCUT2D eigenvalue weighted by Gasteiger charge is -2.06. The predicted molar refractivity (Wildman–Crippen MR) is 79.1 cm³/mol. The van der Waals surface area contributed by atoms with E-state index in [1.54, 1.807) is 13.3 Å². The van der Waals surface area contributed by atoms with Crippen LogP contribution in [0, 0.1) is 5.92 Å². The Bertz CT molecular complexity index is 588. The number of carbonyl (C=O) groups excluding carboxylic acids is 1. The zero-order chi connectivity index (χ0) is 14.5. The molecule has 0 unspecified atom stereocenters. The topological polar surface area (TPSA) is 44.1 Å². The van der Waals surface area contributed by atoms with E-state index in [0.29, 0.717) is 17.2 Å². The highest BCUT2D eigenvalue weighted by Gasteiger charge is 2.14. The van der Waals surface area contributed by atoms with Crippen LogP contribution in [-0.4, -0.2) is 23.2 Å². The number of aromatic nitrogens is 2. The summed E-state index contributed by atoms with van der Waals surface area (Å²) in [5.41, 5.74) is 2.12. The highest BCUT2D eigenvalue weighted by atomic mass is 16.5.